The number of carbonyl (C=O) groups excluding carboxylic acids is 1. The van der Waals surface area contributed by atoms with E-state index in [0.717, 1.165) is 11.1 Å². The molecule has 0 aliphatic heterocycles. The minimum atomic E-state index is -0.148. The van der Waals surface area contributed by atoms with Gasteiger partial charge in [0.2, 0.25) is 0 Å². The molecule has 32 heavy (non-hydrogen) atoms. The average Bonchev–Trinajstić information content (AvgIpc) is 2.77. The molecular formula is C26H31N3O2S. The van der Waals surface area contributed by atoms with Crippen molar-refractivity contribution in [1.29, 1.82) is 0 Å². The molecule has 0 saturated carbocycles. The lowest BCUT2D eigenvalue weighted by molar-refractivity contribution is 0.0949. The molecule has 1 aromatic heterocycles. The SMILES string of the molecule is C=Cc1ccc(CSc2nc3cc(C(=O)NCC(C)C)ccc3c(=O)n2CC(C)C)cc1. The summed E-state index contributed by atoms with van der Waals surface area (Å²) in [5.41, 5.74) is 3.22. The quantitative estimate of drug-likeness (QED) is 0.352. The first kappa shape index (κ1) is 23.8. The fourth-order valence-corrected chi connectivity index (χ4v) is 4.24. The molecule has 0 bridgehead atoms. The maximum absolute atomic E-state index is 13.3. The van der Waals surface area contributed by atoms with E-state index in [4.69, 9.17) is 4.98 Å². The summed E-state index contributed by atoms with van der Waals surface area (Å²) in [7, 11) is 0. The Morgan fingerprint density at radius 1 is 1.12 bits per heavy atom. The van der Waals surface area contributed by atoms with Gasteiger partial charge >= 0.3 is 0 Å². The highest BCUT2D eigenvalue weighted by Crippen LogP contribution is 2.24. The number of thioether (sulfide) groups is 1. The molecule has 1 amide bonds. The van der Waals surface area contributed by atoms with Crippen molar-refractivity contribution < 1.29 is 4.79 Å². The smallest absolute Gasteiger partial charge is 0.262 e. The number of hydrogen-bond acceptors (Lipinski definition) is 4. The molecule has 1 N–H and O–H groups in total. The first-order valence-corrected chi connectivity index (χ1v) is 11.9. The van der Waals surface area contributed by atoms with Gasteiger partial charge in [-0.3, -0.25) is 14.2 Å². The highest BCUT2D eigenvalue weighted by atomic mass is 32.2. The van der Waals surface area contributed by atoms with E-state index in [1.807, 2.05) is 32.1 Å². The van der Waals surface area contributed by atoms with Gasteiger partial charge in [0.1, 0.15) is 0 Å². The van der Waals surface area contributed by atoms with E-state index in [0.29, 0.717) is 52.3 Å². The molecule has 0 spiro atoms. The third-order valence-corrected chi connectivity index (χ3v) is 6.03. The summed E-state index contributed by atoms with van der Waals surface area (Å²) in [6.07, 6.45) is 1.82. The summed E-state index contributed by atoms with van der Waals surface area (Å²) in [5, 5.41) is 4.13. The van der Waals surface area contributed by atoms with Gasteiger partial charge in [-0.25, -0.2) is 4.98 Å². The van der Waals surface area contributed by atoms with E-state index in [-0.39, 0.29) is 11.5 Å². The number of benzene rings is 2. The number of amides is 1. The Morgan fingerprint density at radius 3 is 2.47 bits per heavy atom. The first-order chi connectivity index (χ1) is 15.3. The Balaban J connectivity index is 1.96. The first-order valence-electron chi connectivity index (χ1n) is 11.0. The number of hydrogen-bond donors (Lipinski definition) is 1. The van der Waals surface area contributed by atoms with Crippen LogP contribution < -0.4 is 10.9 Å². The van der Waals surface area contributed by atoms with Gasteiger partial charge in [-0.05, 0) is 41.2 Å². The second kappa shape index (κ2) is 10.6. The van der Waals surface area contributed by atoms with Gasteiger partial charge in [-0.15, -0.1) is 0 Å². The zero-order valence-electron chi connectivity index (χ0n) is 19.2. The van der Waals surface area contributed by atoms with Crippen LogP contribution in [0, 0.1) is 11.8 Å². The largest absolute Gasteiger partial charge is 0.352 e. The number of fused-ring (bicyclic) bond motifs is 1. The van der Waals surface area contributed by atoms with Crippen LogP contribution in [0.15, 0.2) is 59.0 Å². The van der Waals surface area contributed by atoms with Crippen LogP contribution in [-0.4, -0.2) is 22.0 Å². The molecule has 2 aromatic carbocycles. The van der Waals surface area contributed by atoms with Crippen LogP contribution >= 0.6 is 11.8 Å². The lowest BCUT2D eigenvalue weighted by atomic mass is 10.1. The second-order valence-corrected chi connectivity index (χ2v) is 9.72. The van der Waals surface area contributed by atoms with Crippen molar-refractivity contribution in [2.45, 2.75) is 45.1 Å². The summed E-state index contributed by atoms with van der Waals surface area (Å²) in [6.45, 7) is 13.3. The van der Waals surface area contributed by atoms with E-state index in [1.165, 1.54) is 11.8 Å². The average molecular weight is 450 g/mol. The summed E-state index contributed by atoms with van der Waals surface area (Å²) in [6, 6.07) is 13.3. The summed E-state index contributed by atoms with van der Waals surface area (Å²) < 4.78 is 1.76. The van der Waals surface area contributed by atoms with Crippen LogP contribution in [-0.2, 0) is 12.3 Å². The summed E-state index contributed by atoms with van der Waals surface area (Å²) >= 11 is 1.54. The molecular weight excluding hydrogens is 418 g/mol. The van der Waals surface area contributed by atoms with Gasteiger partial charge in [0.15, 0.2) is 5.16 Å². The minimum absolute atomic E-state index is 0.0673. The molecule has 0 fully saturated rings. The van der Waals surface area contributed by atoms with Crippen molar-refractivity contribution in [3.63, 3.8) is 0 Å². The van der Waals surface area contributed by atoms with E-state index in [2.05, 4.69) is 37.9 Å². The van der Waals surface area contributed by atoms with Crippen LogP contribution in [0.5, 0.6) is 0 Å². The third kappa shape index (κ3) is 5.88. The highest BCUT2D eigenvalue weighted by Gasteiger charge is 2.15. The molecule has 6 heteroatoms. The number of nitrogens with zero attached hydrogens (tertiary/aromatic N) is 2. The molecule has 168 valence electrons. The van der Waals surface area contributed by atoms with Crippen molar-refractivity contribution in [2.24, 2.45) is 11.8 Å². The molecule has 5 nitrogen and oxygen atoms in total. The van der Waals surface area contributed by atoms with E-state index in [1.54, 1.807) is 22.8 Å². The topological polar surface area (TPSA) is 64.0 Å². The van der Waals surface area contributed by atoms with Crippen molar-refractivity contribution in [1.82, 2.24) is 14.9 Å². The van der Waals surface area contributed by atoms with Crippen LogP contribution in [0.1, 0.15) is 49.2 Å². The normalized spacial score (nSPS) is 11.3. The summed E-state index contributed by atoms with van der Waals surface area (Å²) in [4.78, 5) is 30.6. The minimum Gasteiger partial charge on any atom is -0.352 e. The lowest BCUT2D eigenvalue weighted by Crippen LogP contribution is -2.28. The number of rotatable bonds is 9. The monoisotopic (exact) mass is 449 g/mol. The van der Waals surface area contributed by atoms with Crippen molar-refractivity contribution >= 4 is 34.6 Å². The zero-order chi connectivity index (χ0) is 23.3. The van der Waals surface area contributed by atoms with Crippen molar-refractivity contribution in [3.8, 4) is 0 Å². The highest BCUT2D eigenvalue weighted by molar-refractivity contribution is 7.98. The Morgan fingerprint density at radius 2 is 1.84 bits per heavy atom. The van der Waals surface area contributed by atoms with Gasteiger partial charge in [0.05, 0.1) is 10.9 Å². The van der Waals surface area contributed by atoms with Gasteiger partial charge in [-0.2, -0.15) is 0 Å². The summed E-state index contributed by atoms with van der Waals surface area (Å²) in [5.74, 6) is 1.22. The maximum atomic E-state index is 13.3. The zero-order valence-corrected chi connectivity index (χ0v) is 20.0. The number of carbonyl (C=O) groups is 1. The predicted octanol–water partition coefficient (Wildman–Crippen LogP) is 5.37. The molecule has 0 aliphatic carbocycles. The fourth-order valence-electron chi connectivity index (χ4n) is 3.27. The molecule has 3 rings (SSSR count). The van der Waals surface area contributed by atoms with Gasteiger partial charge < -0.3 is 5.32 Å². The Bertz CT molecular complexity index is 1160. The van der Waals surface area contributed by atoms with Gasteiger partial charge in [0.25, 0.3) is 11.5 Å². The molecule has 0 unspecified atom stereocenters. The Kier molecular flexibility index (Phi) is 7.91. The van der Waals surface area contributed by atoms with E-state index >= 15 is 0 Å². The third-order valence-electron chi connectivity index (χ3n) is 4.98. The Hall–Kier alpha value is -2.86. The van der Waals surface area contributed by atoms with E-state index in [9.17, 15) is 9.59 Å². The fraction of sp³-hybridized carbons (Fsp3) is 0.346. The Labute approximate surface area is 194 Å². The van der Waals surface area contributed by atoms with Crippen LogP contribution in [0.3, 0.4) is 0 Å². The maximum Gasteiger partial charge on any atom is 0.262 e. The van der Waals surface area contributed by atoms with Gasteiger partial charge in [0, 0.05) is 24.4 Å². The van der Waals surface area contributed by atoms with Crippen LogP contribution in [0.25, 0.3) is 17.0 Å². The predicted molar refractivity (Wildman–Crippen MR) is 134 cm³/mol. The van der Waals surface area contributed by atoms with Gasteiger partial charge in [-0.1, -0.05) is 76.4 Å². The molecule has 0 atom stereocenters. The second-order valence-electron chi connectivity index (χ2n) is 8.77. The van der Waals surface area contributed by atoms with Crippen LogP contribution in [0.2, 0.25) is 0 Å². The molecule has 0 radical (unpaired) electrons. The van der Waals surface area contributed by atoms with Crippen molar-refractivity contribution in [2.75, 3.05) is 6.54 Å². The number of nitrogens with one attached hydrogen (secondary N) is 1. The standard InChI is InChI=1S/C26H31N3O2S/c1-6-19-7-9-20(10-8-19)16-32-26-28-23-13-21(24(30)27-14-17(2)3)11-12-22(23)25(31)29(26)15-18(4)5/h6-13,17-18H,1,14-16H2,2-5H3,(H,27,30). The molecule has 0 saturated heterocycles. The molecule has 0 aliphatic rings. The lowest BCUT2D eigenvalue weighted by Gasteiger charge is -2.15. The van der Waals surface area contributed by atoms with Crippen LogP contribution in [0.4, 0.5) is 0 Å². The van der Waals surface area contributed by atoms with Crippen molar-refractivity contribution in [3.05, 3.63) is 76.1 Å². The van der Waals surface area contributed by atoms with E-state index < -0.39 is 0 Å². The molecule has 1 heterocycles. The molecule has 3 aromatic rings. The number of aromatic nitrogens is 2.